The van der Waals surface area contributed by atoms with Crippen molar-refractivity contribution in [3.05, 3.63) is 52.5 Å². The fourth-order valence-electron chi connectivity index (χ4n) is 1.71. The molecule has 2 rings (SSSR count). The summed E-state index contributed by atoms with van der Waals surface area (Å²) in [5.74, 6) is 0.229. The molecule has 0 heterocycles. The summed E-state index contributed by atoms with van der Waals surface area (Å²) < 4.78 is 0.665. The van der Waals surface area contributed by atoms with Gasteiger partial charge in [0.25, 0.3) is 0 Å². The third-order valence-corrected chi connectivity index (χ3v) is 3.35. The summed E-state index contributed by atoms with van der Waals surface area (Å²) in [6.45, 7) is 0.494. The van der Waals surface area contributed by atoms with E-state index >= 15 is 0 Å². The second-order valence-corrected chi connectivity index (χ2v) is 5.02. The molecule has 20 heavy (non-hydrogen) atoms. The maximum atomic E-state index is 10.7. The van der Waals surface area contributed by atoms with Gasteiger partial charge in [-0.1, -0.05) is 12.1 Å². The van der Waals surface area contributed by atoms with E-state index in [2.05, 4.69) is 26.6 Å². The largest absolute Gasteiger partial charge is 0.506 e. The number of anilines is 2. The summed E-state index contributed by atoms with van der Waals surface area (Å²) in [4.78, 5) is 10.7. The lowest BCUT2D eigenvalue weighted by molar-refractivity contribution is 0.259. The van der Waals surface area contributed by atoms with Gasteiger partial charge in [0.1, 0.15) is 5.75 Å². The van der Waals surface area contributed by atoms with E-state index in [1.807, 2.05) is 24.3 Å². The number of phenolic OH excluding ortho intramolecular Hbond substituents is 1. The number of benzene rings is 2. The van der Waals surface area contributed by atoms with E-state index in [4.69, 9.17) is 5.73 Å². The molecule has 5 N–H and O–H groups in total. The number of rotatable bonds is 4. The normalized spacial score (nSPS) is 10.1. The van der Waals surface area contributed by atoms with Crippen LogP contribution < -0.4 is 16.4 Å². The Morgan fingerprint density at radius 3 is 2.45 bits per heavy atom. The van der Waals surface area contributed by atoms with Crippen molar-refractivity contribution in [1.29, 1.82) is 0 Å². The molecule has 0 radical (unpaired) electrons. The molecule has 104 valence electrons. The highest BCUT2D eigenvalue weighted by Crippen LogP contribution is 2.28. The van der Waals surface area contributed by atoms with Crippen LogP contribution >= 0.6 is 15.9 Å². The second kappa shape index (κ2) is 6.29. The van der Waals surface area contributed by atoms with Crippen molar-refractivity contribution >= 4 is 33.3 Å². The topological polar surface area (TPSA) is 87.4 Å². The summed E-state index contributed by atoms with van der Waals surface area (Å²) in [6, 6.07) is 12.0. The molecule has 2 aromatic carbocycles. The Morgan fingerprint density at radius 2 is 1.80 bits per heavy atom. The van der Waals surface area contributed by atoms with Crippen molar-refractivity contribution in [1.82, 2.24) is 0 Å². The number of carbonyl (C=O) groups excluding carboxylic acids is 1. The minimum Gasteiger partial charge on any atom is -0.506 e. The molecule has 0 aromatic heterocycles. The van der Waals surface area contributed by atoms with E-state index < -0.39 is 6.03 Å². The Labute approximate surface area is 124 Å². The number of aromatic hydroxyl groups is 1. The first-order valence-corrected chi connectivity index (χ1v) is 6.72. The van der Waals surface area contributed by atoms with Crippen molar-refractivity contribution in [2.45, 2.75) is 6.54 Å². The average Bonchev–Trinajstić information content (AvgIpc) is 2.41. The van der Waals surface area contributed by atoms with Crippen LogP contribution in [0.15, 0.2) is 46.9 Å². The van der Waals surface area contributed by atoms with Crippen molar-refractivity contribution in [2.75, 3.05) is 10.6 Å². The number of nitrogens with two attached hydrogens (primary N) is 1. The minimum atomic E-state index is -0.593. The molecule has 5 nitrogen and oxygen atoms in total. The van der Waals surface area contributed by atoms with Gasteiger partial charge in [-0.05, 0) is 46.3 Å². The van der Waals surface area contributed by atoms with E-state index in [-0.39, 0.29) is 5.75 Å². The summed E-state index contributed by atoms with van der Waals surface area (Å²) in [7, 11) is 0. The average molecular weight is 336 g/mol. The summed E-state index contributed by atoms with van der Waals surface area (Å²) in [6.07, 6.45) is 0. The molecule has 2 aromatic rings. The van der Waals surface area contributed by atoms with Crippen LogP contribution in [0.1, 0.15) is 5.56 Å². The first kappa shape index (κ1) is 14.2. The number of amides is 2. The van der Waals surface area contributed by atoms with Gasteiger partial charge in [0.2, 0.25) is 0 Å². The molecule has 0 aliphatic heterocycles. The van der Waals surface area contributed by atoms with Crippen LogP contribution in [0.4, 0.5) is 16.2 Å². The van der Waals surface area contributed by atoms with Gasteiger partial charge in [0.05, 0.1) is 4.47 Å². The van der Waals surface area contributed by atoms with Gasteiger partial charge >= 0.3 is 6.03 Å². The molecule has 2 amide bonds. The Balaban J connectivity index is 2.00. The lowest BCUT2D eigenvalue weighted by Crippen LogP contribution is -2.19. The summed E-state index contributed by atoms with van der Waals surface area (Å²) in [5, 5.41) is 15.5. The molecule has 0 bridgehead atoms. The van der Waals surface area contributed by atoms with Crippen LogP contribution in [-0.4, -0.2) is 11.1 Å². The van der Waals surface area contributed by atoms with Gasteiger partial charge in [-0.2, -0.15) is 0 Å². The highest BCUT2D eigenvalue weighted by Gasteiger charge is 2.04. The number of carbonyl (C=O) groups is 1. The molecule has 0 spiro atoms. The maximum absolute atomic E-state index is 10.7. The van der Waals surface area contributed by atoms with Crippen LogP contribution in [0, 0.1) is 0 Å². The van der Waals surface area contributed by atoms with Crippen molar-refractivity contribution < 1.29 is 9.90 Å². The van der Waals surface area contributed by atoms with Crippen LogP contribution in [0.2, 0.25) is 0 Å². The monoisotopic (exact) mass is 335 g/mol. The number of hydrogen-bond acceptors (Lipinski definition) is 3. The van der Waals surface area contributed by atoms with E-state index in [1.165, 1.54) is 0 Å². The summed E-state index contributed by atoms with van der Waals surface area (Å²) in [5.41, 5.74) is 7.33. The van der Waals surface area contributed by atoms with Gasteiger partial charge in [0.15, 0.2) is 0 Å². The van der Waals surface area contributed by atoms with Crippen molar-refractivity contribution in [3.63, 3.8) is 0 Å². The van der Waals surface area contributed by atoms with Gasteiger partial charge in [-0.25, -0.2) is 4.79 Å². The van der Waals surface area contributed by atoms with Crippen LogP contribution in [0.3, 0.4) is 0 Å². The van der Waals surface area contributed by atoms with Crippen molar-refractivity contribution in [2.24, 2.45) is 5.73 Å². The molecular formula is C14H14BrN3O2. The quantitative estimate of drug-likeness (QED) is 0.691. The molecule has 0 atom stereocenters. The maximum Gasteiger partial charge on any atom is 0.316 e. The number of halogens is 1. The molecule has 0 aliphatic rings. The predicted octanol–water partition coefficient (Wildman–Crippen LogP) is 3.26. The molecule has 0 fully saturated rings. The Hall–Kier alpha value is -2.21. The molecule has 0 saturated carbocycles. The molecule has 0 unspecified atom stereocenters. The van der Waals surface area contributed by atoms with Gasteiger partial charge in [-0.3, -0.25) is 0 Å². The summed E-state index contributed by atoms with van der Waals surface area (Å²) >= 11 is 3.27. The third-order valence-electron chi connectivity index (χ3n) is 2.71. The van der Waals surface area contributed by atoms with E-state index in [0.717, 1.165) is 11.3 Å². The third kappa shape index (κ3) is 3.64. The van der Waals surface area contributed by atoms with Gasteiger partial charge < -0.3 is 21.5 Å². The van der Waals surface area contributed by atoms with E-state index in [1.54, 1.807) is 18.2 Å². The number of nitrogens with one attached hydrogen (secondary N) is 2. The molecular weight excluding hydrogens is 322 g/mol. The first-order valence-electron chi connectivity index (χ1n) is 5.93. The number of para-hydroxylation sites is 1. The standard InChI is InChI=1S/C14H14BrN3O2/c15-12-3-1-2-9(13(12)19)8-17-10-4-6-11(7-5-10)18-14(16)20/h1-7,17,19H,8H2,(H3,16,18,20). The highest BCUT2D eigenvalue weighted by atomic mass is 79.9. The second-order valence-electron chi connectivity index (χ2n) is 4.17. The number of phenols is 1. The molecule has 0 aliphatic carbocycles. The van der Waals surface area contributed by atoms with Crippen LogP contribution in [0.25, 0.3) is 0 Å². The zero-order valence-corrected chi connectivity index (χ0v) is 12.1. The number of urea groups is 1. The number of primary amides is 1. The lowest BCUT2D eigenvalue weighted by Gasteiger charge is -2.10. The highest BCUT2D eigenvalue weighted by molar-refractivity contribution is 9.10. The van der Waals surface area contributed by atoms with Gasteiger partial charge in [-0.15, -0.1) is 0 Å². The Kier molecular flexibility index (Phi) is 4.47. The zero-order chi connectivity index (χ0) is 14.5. The van der Waals surface area contributed by atoms with E-state index in [0.29, 0.717) is 16.7 Å². The lowest BCUT2D eigenvalue weighted by atomic mass is 10.2. The predicted molar refractivity (Wildman–Crippen MR) is 82.8 cm³/mol. The molecule has 6 heteroatoms. The fourth-order valence-corrected chi connectivity index (χ4v) is 2.12. The minimum absolute atomic E-state index is 0.229. The Bertz CT molecular complexity index is 614. The number of hydrogen-bond donors (Lipinski definition) is 4. The Morgan fingerprint density at radius 1 is 1.15 bits per heavy atom. The molecule has 0 saturated heterocycles. The SMILES string of the molecule is NC(=O)Nc1ccc(NCc2cccc(Br)c2O)cc1. The first-order chi connectivity index (χ1) is 9.56. The fraction of sp³-hybridized carbons (Fsp3) is 0.0714. The smallest absolute Gasteiger partial charge is 0.316 e. The van der Waals surface area contributed by atoms with E-state index in [9.17, 15) is 9.90 Å². The van der Waals surface area contributed by atoms with Crippen molar-refractivity contribution in [3.8, 4) is 5.75 Å². The van der Waals surface area contributed by atoms with Gasteiger partial charge in [0, 0.05) is 23.5 Å². The van der Waals surface area contributed by atoms with Crippen LogP contribution in [-0.2, 0) is 6.54 Å². The zero-order valence-electron chi connectivity index (χ0n) is 10.6. The van der Waals surface area contributed by atoms with Crippen LogP contribution in [0.5, 0.6) is 5.75 Å².